The van der Waals surface area contributed by atoms with Gasteiger partial charge in [-0.1, -0.05) is 6.92 Å². The Hall–Kier alpha value is -2.24. The maximum absolute atomic E-state index is 11.9. The van der Waals surface area contributed by atoms with Crippen LogP contribution in [0.2, 0.25) is 0 Å². The van der Waals surface area contributed by atoms with Crippen LogP contribution < -0.4 is 9.47 Å². The monoisotopic (exact) mass is 350 g/mol. The van der Waals surface area contributed by atoms with Crippen LogP contribution in [-0.4, -0.2) is 34.9 Å². The highest BCUT2D eigenvalue weighted by Crippen LogP contribution is 2.50. The van der Waals surface area contributed by atoms with E-state index in [-0.39, 0.29) is 6.42 Å². The molecular formula is C19H26O6. The van der Waals surface area contributed by atoms with Crippen LogP contribution in [0.3, 0.4) is 0 Å². The van der Waals surface area contributed by atoms with Crippen LogP contribution >= 0.6 is 0 Å². The van der Waals surface area contributed by atoms with Crippen LogP contribution in [0.4, 0.5) is 0 Å². The van der Waals surface area contributed by atoms with Gasteiger partial charge in [-0.25, -0.2) is 0 Å². The lowest BCUT2D eigenvalue weighted by Gasteiger charge is -2.46. The van der Waals surface area contributed by atoms with E-state index in [2.05, 4.69) is 0 Å². The molecule has 2 rings (SSSR count). The van der Waals surface area contributed by atoms with Crippen molar-refractivity contribution in [2.75, 3.05) is 7.11 Å². The Bertz CT molecular complexity index is 722. The third-order valence-corrected chi connectivity index (χ3v) is 5.86. The van der Waals surface area contributed by atoms with E-state index >= 15 is 0 Å². The molecule has 25 heavy (non-hydrogen) atoms. The lowest BCUT2D eigenvalue weighted by Crippen LogP contribution is -2.60. The van der Waals surface area contributed by atoms with Crippen molar-refractivity contribution in [1.29, 1.82) is 0 Å². The quantitative estimate of drug-likeness (QED) is 0.792. The van der Waals surface area contributed by atoms with E-state index in [1.807, 2.05) is 20.8 Å². The minimum atomic E-state index is -2.00. The van der Waals surface area contributed by atoms with Gasteiger partial charge in [0.2, 0.25) is 5.41 Å². The van der Waals surface area contributed by atoms with Gasteiger partial charge in [-0.2, -0.15) is 0 Å². The SMILES string of the molecule is CCC(C(=O)O)(C(=O)O)C1(C)CCc2c(C)c(OC)c(C)c(C)c2O1. The zero-order valence-corrected chi connectivity index (χ0v) is 15.6. The summed E-state index contributed by atoms with van der Waals surface area (Å²) >= 11 is 0. The Kier molecular flexibility index (Phi) is 4.77. The maximum Gasteiger partial charge on any atom is 0.325 e. The normalized spacial score (nSPS) is 19.8. The van der Waals surface area contributed by atoms with Gasteiger partial charge in [0.25, 0.3) is 0 Å². The number of methoxy groups -OCH3 is 1. The Morgan fingerprint density at radius 1 is 1.16 bits per heavy atom. The largest absolute Gasteiger partial charge is 0.496 e. The van der Waals surface area contributed by atoms with Crippen LogP contribution in [0.5, 0.6) is 11.5 Å². The number of fused-ring (bicyclic) bond motifs is 1. The van der Waals surface area contributed by atoms with Gasteiger partial charge in [0.05, 0.1) is 7.11 Å². The van der Waals surface area contributed by atoms with Crippen molar-refractivity contribution in [2.24, 2.45) is 5.41 Å². The van der Waals surface area contributed by atoms with Crippen LogP contribution in [0.1, 0.15) is 48.9 Å². The molecule has 1 heterocycles. The molecule has 0 amide bonds. The number of hydrogen-bond acceptors (Lipinski definition) is 4. The number of hydrogen-bond donors (Lipinski definition) is 2. The highest BCUT2D eigenvalue weighted by Gasteiger charge is 2.62. The summed E-state index contributed by atoms with van der Waals surface area (Å²) in [7, 11) is 1.62. The van der Waals surface area contributed by atoms with Crippen LogP contribution in [0, 0.1) is 26.2 Å². The molecule has 1 aromatic carbocycles. The molecule has 0 radical (unpaired) electrons. The maximum atomic E-state index is 11.9. The van der Waals surface area contributed by atoms with Gasteiger partial charge in [-0.15, -0.1) is 0 Å². The van der Waals surface area contributed by atoms with Crippen molar-refractivity contribution in [3.63, 3.8) is 0 Å². The number of carboxylic acid groups (broad SMARTS) is 2. The summed E-state index contributed by atoms with van der Waals surface area (Å²) < 4.78 is 11.7. The summed E-state index contributed by atoms with van der Waals surface area (Å²) in [6.45, 7) is 8.91. The topological polar surface area (TPSA) is 93.1 Å². The summed E-state index contributed by atoms with van der Waals surface area (Å²) in [5.41, 5.74) is 0.331. The van der Waals surface area contributed by atoms with Crippen LogP contribution in [0.15, 0.2) is 0 Å². The molecule has 2 N–H and O–H groups in total. The van der Waals surface area contributed by atoms with E-state index in [4.69, 9.17) is 9.47 Å². The van der Waals surface area contributed by atoms with Gasteiger partial charge in [-0.3, -0.25) is 9.59 Å². The average Bonchev–Trinajstić information content (AvgIpc) is 2.53. The van der Waals surface area contributed by atoms with Gasteiger partial charge < -0.3 is 19.7 Å². The smallest absolute Gasteiger partial charge is 0.325 e. The minimum Gasteiger partial charge on any atom is -0.496 e. The third kappa shape index (κ3) is 2.46. The first-order valence-corrected chi connectivity index (χ1v) is 8.39. The Labute approximate surface area is 147 Å². The zero-order chi connectivity index (χ0) is 19.2. The summed E-state index contributed by atoms with van der Waals surface area (Å²) in [4.78, 5) is 23.9. The molecule has 0 spiro atoms. The molecule has 138 valence electrons. The fourth-order valence-electron chi connectivity index (χ4n) is 4.06. The molecule has 1 aliphatic heterocycles. The molecule has 1 atom stereocenters. The molecular weight excluding hydrogens is 324 g/mol. The number of benzene rings is 1. The molecule has 1 aromatic rings. The van der Waals surface area contributed by atoms with Crippen molar-refractivity contribution in [3.05, 3.63) is 22.3 Å². The first-order valence-electron chi connectivity index (χ1n) is 8.39. The van der Waals surface area contributed by atoms with E-state index < -0.39 is 23.0 Å². The first-order chi connectivity index (χ1) is 11.6. The van der Waals surface area contributed by atoms with Gasteiger partial charge in [0, 0.05) is 5.56 Å². The second kappa shape index (κ2) is 6.24. The standard InChI is InChI=1S/C19H26O6/c1-7-19(16(20)21,17(22)23)18(5)9-8-13-12(4)14(24-6)10(2)11(3)15(13)25-18/h7-9H2,1-6H3,(H,20,21)(H,22,23). The number of aliphatic carboxylic acids is 2. The Balaban J connectivity index is 2.68. The van der Waals surface area contributed by atoms with Crippen LogP contribution in [-0.2, 0) is 16.0 Å². The number of rotatable bonds is 5. The first kappa shape index (κ1) is 19.1. The van der Waals surface area contributed by atoms with Crippen molar-refractivity contribution in [1.82, 2.24) is 0 Å². The summed E-state index contributed by atoms with van der Waals surface area (Å²) in [5.74, 6) is -1.35. The molecule has 0 aliphatic carbocycles. The predicted octanol–water partition coefficient (Wildman–Crippen LogP) is 3.27. The second-order valence-electron chi connectivity index (χ2n) is 6.92. The van der Waals surface area contributed by atoms with Gasteiger partial charge >= 0.3 is 11.9 Å². The van der Waals surface area contributed by atoms with E-state index in [1.54, 1.807) is 21.0 Å². The average molecular weight is 350 g/mol. The highest BCUT2D eigenvalue weighted by atomic mass is 16.5. The third-order valence-electron chi connectivity index (χ3n) is 5.86. The van der Waals surface area contributed by atoms with E-state index in [9.17, 15) is 19.8 Å². The molecule has 6 heteroatoms. The van der Waals surface area contributed by atoms with Crippen molar-refractivity contribution >= 4 is 11.9 Å². The molecule has 0 saturated carbocycles. The zero-order valence-electron chi connectivity index (χ0n) is 15.6. The molecule has 1 aliphatic rings. The van der Waals surface area contributed by atoms with Crippen LogP contribution in [0.25, 0.3) is 0 Å². The number of ether oxygens (including phenoxy) is 2. The lowest BCUT2D eigenvalue weighted by atomic mass is 9.66. The predicted molar refractivity (Wildman–Crippen MR) is 92.6 cm³/mol. The summed E-state index contributed by atoms with van der Waals surface area (Å²) in [6.07, 6.45) is 0.785. The number of carbonyl (C=O) groups is 2. The molecule has 0 bridgehead atoms. The fourth-order valence-corrected chi connectivity index (χ4v) is 4.06. The molecule has 0 aromatic heterocycles. The van der Waals surface area contributed by atoms with E-state index in [0.717, 1.165) is 28.0 Å². The molecule has 0 fully saturated rings. The van der Waals surface area contributed by atoms with Crippen molar-refractivity contribution in [3.8, 4) is 11.5 Å². The lowest BCUT2D eigenvalue weighted by molar-refractivity contribution is -0.183. The van der Waals surface area contributed by atoms with Crippen molar-refractivity contribution in [2.45, 2.75) is 59.5 Å². The van der Waals surface area contributed by atoms with Gasteiger partial charge in [0.1, 0.15) is 17.1 Å². The van der Waals surface area contributed by atoms with E-state index in [0.29, 0.717) is 18.6 Å². The van der Waals surface area contributed by atoms with E-state index in [1.165, 1.54) is 0 Å². The molecule has 0 saturated heterocycles. The van der Waals surface area contributed by atoms with Gasteiger partial charge in [0.15, 0.2) is 0 Å². The Morgan fingerprint density at radius 3 is 2.16 bits per heavy atom. The highest BCUT2D eigenvalue weighted by molar-refractivity contribution is 6.00. The molecule has 6 nitrogen and oxygen atoms in total. The second-order valence-corrected chi connectivity index (χ2v) is 6.92. The number of carboxylic acids is 2. The fraction of sp³-hybridized carbons (Fsp3) is 0.579. The van der Waals surface area contributed by atoms with Gasteiger partial charge in [-0.05, 0) is 63.6 Å². The minimum absolute atomic E-state index is 0.0589. The molecule has 1 unspecified atom stereocenters. The summed E-state index contributed by atoms with van der Waals surface area (Å²) in [6, 6.07) is 0. The van der Waals surface area contributed by atoms with Crippen molar-refractivity contribution < 1.29 is 29.3 Å². The summed E-state index contributed by atoms with van der Waals surface area (Å²) in [5, 5.41) is 19.5. The Morgan fingerprint density at radius 2 is 1.72 bits per heavy atom.